The van der Waals surface area contributed by atoms with E-state index < -0.39 is 124 Å². The summed E-state index contributed by atoms with van der Waals surface area (Å²) in [5, 5.41) is 31.1. The van der Waals surface area contributed by atoms with Crippen LogP contribution in [0.15, 0.2) is 52.2 Å². The number of benzene rings is 1. The summed E-state index contributed by atoms with van der Waals surface area (Å²) in [4.78, 5) is 69.6. The van der Waals surface area contributed by atoms with Gasteiger partial charge in [0.1, 0.15) is 64.5 Å². The molecule has 3 aliphatic carbocycles. The third-order valence-corrected chi connectivity index (χ3v) is 14.4. The molecule has 3 heterocycles. The fourth-order valence-electron chi connectivity index (χ4n) is 11.0. The Kier molecular flexibility index (Phi) is 13.5. The third-order valence-electron chi connectivity index (χ3n) is 14.2. The first kappa shape index (κ1) is 50.8. The summed E-state index contributed by atoms with van der Waals surface area (Å²) in [6, 6.07) is 5.97. The first-order valence-corrected chi connectivity index (χ1v) is 23.0. The Balaban J connectivity index is 1.41. The number of fused-ring (bicyclic) bond motifs is 4. The quantitative estimate of drug-likeness (QED) is 0.0754. The molecule has 12 atom stereocenters. The van der Waals surface area contributed by atoms with Crippen LogP contribution in [-0.4, -0.2) is 132 Å². The average molecular weight is 973 g/mol. The second kappa shape index (κ2) is 18.1. The molecule has 2 aliphatic heterocycles. The molecule has 4 fully saturated rings. The van der Waals surface area contributed by atoms with Gasteiger partial charge in [-0.2, -0.15) is 12.6 Å². The molecule has 19 nitrogen and oxygen atoms in total. The van der Waals surface area contributed by atoms with Crippen molar-refractivity contribution in [1.82, 2.24) is 10.6 Å². The lowest BCUT2D eigenvalue weighted by Crippen LogP contribution is -2.86. The number of thiol groups is 1. The minimum absolute atomic E-state index is 0.00549. The van der Waals surface area contributed by atoms with Crippen molar-refractivity contribution in [2.24, 2.45) is 16.7 Å². The molecular formula is C48H64N2O17S. The SMILES string of the molecule is COc1ccc(OC)c(C(=O)O[C@H]2[C@@H]3[C@]4(OC(C)=O)CO[C@@H]4C[C@H]4O[C@@H]([C@H](OC(=O)NCC(C)(C)S)C5=C(C)[C@@H](OC(=O)[C@H](O)[C@@H](NC(=O)OC(C)(C)C)c6ccco6)C[C@]2(O)C5(C)C)[C@@]34C)c1. The van der Waals surface area contributed by atoms with Crippen molar-refractivity contribution >= 4 is 42.7 Å². The number of hydrogen-bond acceptors (Lipinski definition) is 18. The van der Waals surface area contributed by atoms with Crippen molar-refractivity contribution in [3.8, 4) is 11.5 Å². The van der Waals surface area contributed by atoms with Crippen molar-refractivity contribution in [2.45, 2.75) is 152 Å². The predicted molar refractivity (Wildman–Crippen MR) is 242 cm³/mol. The van der Waals surface area contributed by atoms with E-state index in [1.165, 1.54) is 51.7 Å². The van der Waals surface area contributed by atoms with Crippen molar-refractivity contribution in [2.75, 3.05) is 27.4 Å². The smallest absolute Gasteiger partial charge is 0.408 e. The highest BCUT2D eigenvalue weighted by Gasteiger charge is 2.82. The molecule has 2 saturated heterocycles. The molecule has 20 heteroatoms. The van der Waals surface area contributed by atoms with Crippen LogP contribution in [0.2, 0.25) is 0 Å². The van der Waals surface area contributed by atoms with Gasteiger partial charge in [-0.05, 0) is 83.0 Å². The Morgan fingerprint density at radius 3 is 2.25 bits per heavy atom. The number of furan rings is 1. The maximum atomic E-state index is 14.9. The van der Waals surface area contributed by atoms with Gasteiger partial charge in [0.25, 0.3) is 0 Å². The molecule has 1 aromatic heterocycles. The van der Waals surface area contributed by atoms with Gasteiger partial charge >= 0.3 is 30.1 Å². The van der Waals surface area contributed by atoms with Crippen molar-refractivity contribution in [3.63, 3.8) is 0 Å². The number of methoxy groups -OCH3 is 2. The lowest BCUT2D eigenvalue weighted by Gasteiger charge is -2.74. The predicted octanol–water partition coefficient (Wildman–Crippen LogP) is 5.15. The van der Waals surface area contributed by atoms with Crippen molar-refractivity contribution in [1.29, 1.82) is 0 Å². The highest BCUT2D eigenvalue weighted by molar-refractivity contribution is 7.81. The molecular weight excluding hydrogens is 909 g/mol. The van der Waals surface area contributed by atoms with E-state index in [-0.39, 0.29) is 42.2 Å². The van der Waals surface area contributed by atoms with E-state index >= 15 is 0 Å². The molecule has 2 saturated carbocycles. The summed E-state index contributed by atoms with van der Waals surface area (Å²) in [7, 11) is 2.80. The largest absolute Gasteiger partial charge is 0.497 e. The Bertz CT molecular complexity index is 2320. The lowest BCUT2D eigenvalue weighted by molar-refractivity contribution is -0.416. The summed E-state index contributed by atoms with van der Waals surface area (Å²) in [6.07, 6.45) is -9.77. The zero-order valence-electron chi connectivity index (χ0n) is 40.5. The van der Waals surface area contributed by atoms with Crippen LogP contribution in [0.1, 0.15) is 104 Å². The first-order chi connectivity index (χ1) is 31.6. The first-order valence-electron chi connectivity index (χ1n) is 22.5. The molecule has 68 heavy (non-hydrogen) atoms. The number of carbonyl (C=O) groups is 5. The van der Waals surface area contributed by atoms with Crippen LogP contribution in [0.4, 0.5) is 9.59 Å². The highest BCUT2D eigenvalue weighted by Crippen LogP contribution is 2.69. The zero-order valence-corrected chi connectivity index (χ0v) is 41.3. The lowest BCUT2D eigenvalue weighted by atomic mass is 9.42. The zero-order chi connectivity index (χ0) is 50.1. The van der Waals surface area contributed by atoms with E-state index in [2.05, 4.69) is 23.3 Å². The number of carbonyl (C=O) groups excluding carboxylic acids is 5. The normalized spacial score (nSPS) is 32.1. The summed E-state index contributed by atoms with van der Waals surface area (Å²) in [5.74, 6) is -3.59. The van der Waals surface area contributed by atoms with Crippen LogP contribution in [-0.2, 0) is 42.7 Å². The number of aliphatic hydroxyl groups is 2. The van der Waals surface area contributed by atoms with Gasteiger partial charge in [-0.25, -0.2) is 19.2 Å². The van der Waals surface area contributed by atoms with Gasteiger partial charge in [0.2, 0.25) is 0 Å². The van der Waals surface area contributed by atoms with E-state index in [1.807, 2.05) is 6.92 Å². The van der Waals surface area contributed by atoms with Crippen LogP contribution >= 0.6 is 12.6 Å². The monoisotopic (exact) mass is 972 g/mol. The number of amides is 2. The summed E-state index contributed by atoms with van der Waals surface area (Å²) >= 11 is 4.56. The van der Waals surface area contributed by atoms with E-state index in [0.717, 1.165) is 0 Å². The molecule has 7 rings (SSSR count). The van der Waals surface area contributed by atoms with Crippen LogP contribution in [0.5, 0.6) is 11.5 Å². The van der Waals surface area contributed by atoms with E-state index in [1.54, 1.807) is 61.5 Å². The molecule has 1 aromatic carbocycles. The third kappa shape index (κ3) is 8.90. The van der Waals surface area contributed by atoms with E-state index in [9.17, 15) is 34.2 Å². The maximum absolute atomic E-state index is 14.9. The van der Waals surface area contributed by atoms with Gasteiger partial charge in [0.05, 0.1) is 39.1 Å². The summed E-state index contributed by atoms with van der Waals surface area (Å²) in [6.45, 7) is 16.6. The number of alkyl carbamates (subject to hydrolysis) is 2. The number of aliphatic hydroxyl groups excluding tert-OH is 1. The van der Waals surface area contributed by atoms with Crippen LogP contribution in [0.3, 0.4) is 0 Å². The topological polar surface area (TPSA) is 246 Å². The molecule has 0 spiro atoms. The Labute approximate surface area is 400 Å². The number of esters is 3. The highest BCUT2D eigenvalue weighted by atomic mass is 32.1. The van der Waals surface area contributed by atoms with E-state index in [0.29, 0.717) is 11.3 Å². The van der Waals surface area contributed by atoms with Crippen molar-refractivity contribution in [3.05, 3.63) is 59.1 Å². The molecule has 0 unspecified atom stereocenters. The molecule has 5 aliphatic rings. The Hall–Kier alpha value is -5.02. The van der Waals surface area contributed by atoms with Crippen LogP contribution < -0.4 is 20.1 Å². The minimum Gasteiger partial charge on any atom is -0.497 e. The minimum atomic E-state index is -2.30. The molecule has 0 radical (unpaired) electrons. The van der Waals surface area contributed by atoms with Gasteiger partial charge < -0.3 is 67.9 Å². The molecule has 2 aromatic rings. The standard InChI is InChI=1S/C48H64N2O17S/c1-23-29(62-40(54)34(52)33(28-14-13-17-60-28)50-42(56)67-43(3,4)5)20-48(57)38(65-39(53)26-18-25(58-11)15-16-27(26)59-12)36-46(10)30(19-31-47(36,22-61-31)66-24(2)51)63-37(46)35(32(23)45(48,8)9)64-41(55)49-21-44(6,7)68/h13-18,29-31,33-38,52,57,68H,19-22H2,1-12H3,(H,49,55)(H,50,56)/t29-,30+,31+,33-,34+,35+,36-,37-,38-,46+,47-,48+/m0/s1. The number of rotatable bonds is 13. The fourth-order valence-corrected chi connectivity index (χ4v) is 11.0. The second-order valence-corrected chi connectivity index (χ2v) is 21.9. The number of hydrogen-bond donors (Lipinski definition) is 5. The second-order valence-electron chi connectivity index (χ2n) is 20.7. The molecule has 4 N–H and O–H groups in total. The molecule has 374 valence electrons. The Morgan fingerprint density at radius 2 is 1.68 bits per heavy atom. The van der Waals surface area contributed by atoms with Gasteiger partial charge in [-0.15, -0.1) is 0 Å². The number of nitrogens with one attached hydrogen (secondary N) is 2. The Morgan fingerprint density at radius 1 is 0.971 bits per heavy atom. The van der Waals surface area contributed by atoms with Gasteiger partial charge in [0.15, 0.2) is 17.8 Å². The van der Waals surface area contributed by atoms with Gasteiger partial charge in [-0.1, -0.05) is 20.8 Å². The average Bonchev–Trinajstić information content (AvgIpc) is 3.77. The fraction of sp³-hybridized carbons (Fsp3) is 0.646. The summed E-state index contributed by atoms with van der Waals surface area (Å²) in [5.41, 5.74) is -6.99. The number of ether oxygens (including phenoxy) is 9. The maximum Gasteiger partial charge on any atom is 0.408 e. The molecule has 2 amide bonds. The van der Waals surface area contributed by atoms with Gasteiger partial charge in [-0.3, -0.25) is 4.79 Å². The molecule has 2 bridgehead atoms. The van der Waals surface area contributed by atoms with E-state index in [4.69, 9.17) is 47.0 Å². The summed E-state index contributed by atoms with van der Waals surface area (Å²) < 4.78 is 59.8. The van der Waals surface area contributed by atoms with Crippen LogP contribution in [0, 0.1) is 16.7 Å². The van der Waals surface area contributed by atoms with Gasteiger partial charge in [0, 0.05) is 41.9 Å². The van der Waals surface area contributed by atoms with Crippen LogP contribution in [0.25, 0.3) is 0 Å². The van der Waals surface area contributed by atoms with Crippen molar-refractivity contribution < 1.29 is 81.2 Å².